The average Bonchev–Trinajstić information content (AvgIpc) is 3.09. The summed E-state index contributed by atoms with van der Waals surface area (Å²) >= 11 is 0. The SMILES string of the molecule is C[C@@H]1CC[C@]2(CO)C(C(=O)O)=CCCC2[C@@]1(C)CCc1ccoc1. The molecule has 2 aliphatic carbocycles. The lowest BCUT2D eigenvalue weighted by Crippen LogP contribution is -2.54. The standard InChI is InChI=1S/C20H28O4/c1-14-6-10-20(13-21)16(18(22)23)4-3-5-17(20)19(14,2)9-7-15-8-11-24-12-15/h4,8,11-12,14,17,21H,3,5-7,9-10,13H2,1-2H3,(H,22,23)/t14-,17?,19+,20+/m1/s1. The van der Waals surface area contributed by atoms with Gasteiger partial charge in [-0.2, -0.15) is 0 Å². The highest BCUT2D eigenvalue weighted by atomic mass is 16.4. The van der Waals surface area contributed by atoms with Gasteiger partial charge in [-0.25, -0.2) is 4.79 Å². The van der Waals surface area contributed by atoms with E-state index in [1.54, 1.807) is 12.5 Å². The number of aliphatic carboxylic acids is 1. The molecule has 2 N–H and O–H groups in total. The minimum Gasteiger partial charge on any atom is -0.478 e. The molecular weight excluding hydrogens is 304 g/mol. The van der Waals surface area contributed by atoms with Gasteiger partial charge < -0.3 is 14.6 Å². The zero-order valence-corrected chi connectivity index (χ0v) is 14.6. The maximum Gasteiger partial charge on any atom is 0.331 e. The first-order valence-corrected chi connectivity index (χ1v) is 9.00. The first-order valence-electron chi connectivity index (χ1n) is 9.00. The number of furan rings is 1. The van der Waals surface area contributed by atoms with Gasteiger partial charge in [-0.3, -0.25) is 0 Å². The molecule has 1 aromatic heterocycles. The minimum absolute atomic E-state index is 0.0210. The van der Waals surface area contributed by atoms with Crippen LogP contribution in [0, 0.1) is 22.7 Å². The van der Waals surface area contributed by atoms with Crippen LogP contribution in [0.5, 0.6) is 0 Å². The van der Waals surface area contributed by atoms with Crippen molar-refractivity contribution in [3.63, 3.8) is 0 Å². The van der Waals surface area contributed by atoms with Gasteiger partial charge in [-0.1, -0.05) is 19.9 Å². The fourth-order valence-electron chi connectivity index (χ4n) is 5.32. The van der Waals surface area contributed by atoms with Gasteiger partial charge >= 0.3 is 5.97 Å². The lowest BCUT2D eigenvalue weighted by atomic mass is 9.46. The Hall–Kier alpha value is -1.55. The summed E-state index contributed by atoms with van der Waals surface area (Å²) in [6, 6.07) is 2.00. The van der Waals surface area contributed by atoms with Crippen molar-refractivity contribution in [2.75, 3.05) is 6.61 Å². The van der Waals surface area contributed by atoms with Gasteiger partial charge in [0.15, 0.2) is 0 Å². The first-order chi connectivity index (χ1) is 11.4. The summed E-state index contributed by atoms with van der Waals surface area (Å²) < 4.78 is 5.18. The lowest BCUT2D eigenvalue weighted by Gasteiger charge is -2.58. The molecular formula is C20H28O4. The van der Waals surface area contributed by atoms with Crippen molar-refractivity contribution in [1.82, 2.24) is 0 Å². The summed E-state index contributed by atoms with van der Waals surface area (Å²) in [6.45, 7) is 4.52. The number of hydrogen-bond donors (Lipinski definition) is 2. The maximum atomic E-state index is 11.8. The Balaban J connectivity index is 1.93. The predicted molar refractivity (Wildman–Crippen MR) is 91.5 cm³/mol. The number of hydrogen-bond acceptors (Lipinski definition) is 3. The zero-order valence-electron chi connectivity index (χ0n) is 14.6. The van der Waals surface area contributed by atoms with Crippen molar-refractivity contribution in [2.45, 2.75) is 52.4 Å². The van der Waals surface area contributed by atoms with E-state index in [2.05, 4.69) is 13.8 Å². The molecule has 0 saturated heterocycles. The molecule has 24 heavy (non-hydrogen) atoms. The van der Waals surface area contributed by atoms with E-state index in [4.69, 9.17) is 4.42 Å². The largest absolute Gasteiger partial charge is 0.478 e. The fraction of sp³-hybridized carbons (Fsp3) is 0.650. The number of fused-ring (bicyclic) bond motifs is 1. The third-order valence-electron chi connectivity index (χ3n) is 7.00. The fourth-order valence-corrected chi connectivity index (χ4v) is 5.32. The van der Waals surface area contributed by atoms with Crippen LogP contribution in [0.25, 0.3) is 0 Å². The molecule has 132 valence electrons. The maximum absolute atomic E-state index is 11.8. The summed E-state index contributed by atoms with van der Waals surface area (Å²) in [5.41, 5.74) is 1.07. The molecule has 1 saturated carbocycles. The average molecular weight is 332 g/mol. The Morgan fingerprint density at radius 3 is 2.83 bits per heavy atom. The molecule has 0 bridgehead atoms. The first kappa shape index (κ1) is 17.3. The van der Waals surface area contributed by atoms with Gasteiger partial charge in [0.1, 0.15) is 0 Å². The molecule has 0 radical (unpaired) electrons. The summed E-state index contributed by atoms with van der Waals surface area (Å²) in [7, 11) is 0. The van der Waals surface area contributed by atoms with Crippen molar-refractivity contribution in [1.29, 1.82) is 0 Å². The van der Waals surface area contributed by atoms with Crippen molar-refractivity contribution < 1.29 is 19.4 Å². The molecule has 1 unspecified atom stereocenters. The second kappa shape index (κ2) is 6.40. The van der Waals surface area contributed by atoms with E-state index in [1.807, 2.05) is 12.1 Å². The number of carboxylic acid groups (broad SMARTS) is 1. The second-order valence-electron chi connectivity index (χ2n) is 7.94. The Kier molecular flexibility index (Phi) is 4.60. The van der Waals surface area contributed by atoms with Gasteiger partial charge in [0.25, 0.3) is 0 Å². The molecule has 4 heteroatoms. The van der Waals surface area contributed by atoms with E-state index in [1.165, 1.54) is 5.56 Å². The van der Waals surface area contributed by atoms with Crippen LogP contribution in [-0.2, 0) is 11.2 Å². The molecule has 1 heterocycles. The van der Waals surface area contributed by atoms with E-state index < -0.39 is 11.4 Å². The van der Waals surface area contributed by atoms with E-state index in [-0.39, 0.29) is 17.9 Å². The van der Waals surface area contributed by atoms with Crippen LogP contribution in [0.1, 0.15) is 51.5 Å². The van der Waals surface area contributed by atoms with Crippen LogP contribution in [0.3, 0.4) is 0 Å². The molecule has 1 aromatic rings. The van der Waals surface area contributed by atoms with Gasteiger partial charge in [0, 0.05) is 11.0 Å². The summed E-state index contributed by atoms with van der Waals surface area (Å²) in [5, 5.41) is 19.9. The Bertz CT molecular complexity index is 618. The molecule has 1 fully saturated rings. The van der Waals surface area contributed by atoms with Gasteiger partial charge in [-0.05, 0) is 67.4 Å². The van der Waals surface area contributed by atoms with E-state index >= 15 is 0 Å². The number of allylic oxidation sites excluding steroid dienone is 1. The van der Waals surface area contributed by atoms with E-state index in [0.29, 0.717) is 11.5 Å². The topological polar surface area (TPSA) is 70.7 Å². The molecule has 4 atom stereocenters. The van der Waals surface area contributed by atoms with E-state index in [0.717, 1.165) is 38.5 Å². The quantitative estimate of drug-likeness (QED) is 0.853. The third-order valence-corrected chi connectivity index (χ3v) is 7.00. The van der Waals surface area contributed by atoms with Gasteiger partial charge in [0.05, 0.1) is 19.1 Å². The number of rotatable bonds is 5. The van der Waals surface area contributed by atoms with Crippen molar-refractivity contribution in [2.24, 2.45) is 22.7 Å². The number of carbonyl (C=O) groups is 1. The van der Waals surface area contributed by atoms with Gasteiger partial charge in [-0.15, -0.1) is 0 Å². The molecule has 0 aromatic carbocycles. The number of aliphatic hydroxyl groups is 1. The lowest BCUT2D eigenvalue weighted by molar-refractivity contribution is -0.139. The highest BCUT2D eigenvalue weighted by Crippen LogP contribution is 2.61. The number of aryl methyl sites for hydroxylation is 1. The van der Waals surface area contributed by atoms with Crippen molar-refractivity contribution in [3.8, 4) is 0 Å². The van der Waals surface area contributed by atoms with E-state index in [9.17, 15) is 15.0 Å². The summed E-state index contributed by atoms with van der Waals surface area (Å²) in [4.78, 5) is 11.8. The molecule has 0 aliphatic heterocycles. The van der Waals surface area contributed by atoms with Crippen LogP contribution < -0.4 is 0 Å². The molecule has 4 nitrogen and oxygen atoms in total. The number of carboxylic acids is 1. The zero-order chi connectivity index (χ0) is 17.4. The second-order valence-corrected chi connectivity index (χ2v) is 7.94. The van der Waals surface area contributed by atoms with Crippen molar-refractivity contribution in [3.05, 3.63) is 35.8 Å². The number of aliphatic hydroxyl groups excluding tert-OH is 1. The summed E-state index contributed by atoms with van der Waals surface area (Å²) in [6.07, 6.45) is 10.8. The van der Waals surface area contributed by atoms with Crippen molar-refractivity contribution >= 4 is 5.97 Å². The van der Waals surface area contributed by atoms with Crippen LogP contribution >= 0.6 is 0 Å². The Morgan fingerprint density at radius 2 is 2.21 bits per heavy atom. The van der Waals surface area contributed by atoms with Crippen LogP contribution in [0.15, 0.2) is 34.7 Å². The summed E-state index contributed by atoms with van der Waals surface area (Å²) in [5.74, 6) is -0.135. The Morgan fingerprint density at radius 1 is 1.42 bits per heavy atom. The molecule has 3 rings (SSSR count). The van der Waals surface area contributed by atoms with Crippen LogP contribution in [0.2, 0.25) is 0 Å². The minimum atomic E-state index is -0.861. The van der Waals surface area contributed by atoms with Crippen LogP contribution in [0.4, 0.5) is 0 Å². The molecule has 0 amide bonds. The van der Waals surface area contributed by atoms with Gasteiger partial charge in [0.2, 0.25) is 0 Å². The predicted octanol–water partition coefficient (Wildman–Crippen LogP) is 4.05. The molecule has 0 spiro atoms. The Labute approximate surface area is 143 Å². The molecule has 2 aliphatic rings. The highest BCUT2D eigenvalue weighted by Gasteiger charge is 2.57. The normalized spacial score (nSPS) is 36.0. The van der Waals surface area contributed by atoms with Crippen LogP contribution in [-0.4, -0.2) is 22.8 Å². The smallest absolute Gasteiger partial charge is 0.331 e. The monoisotopic (exact) mass is 332 g/mol. The third kappa shape index (κ3) is 2.61. The highest BCUT2D eigenvalue weighted by molar-refractivity contribution is 5.88.